The molecule has 2 aromatic heterocycles. The smallest absolute Gasteiger partial charge is 0.162 e. The average molecular weight is 461 g/mol. The van der Waals surface area contributed by atoms with Crippen LogP contribution in [0.2, 0.25) is 0 Å². The molecule has 7 nitrogen and oxygen atoms in total. The van der Waals surface area contributed by atoms with Gasteiger partial charge >= 0.3 is 0 Å². The first-order valence-corrected chi connectivity index (χ1v) is 11.4. The lowest BCUT2D eigenvalue weighted by Gasteiger charge is -2.11. The molecule has 4 rings (SSSR count). The monoisotopic (exact) mass is 460 g/mol. The molecule has 7 heteroatoms. The SMILES string of the molecule is C=C(/C=C\C(=C/COC)OCC)n1c(C)c2c(C)nnc(Nc3ccc4c(c3)COC4)c2c1C. The average Bonchev–Trinajstić information content (AvgIpc) is 3.39. The van der Waals surface area contributed by atoms with Crippen LogP contribution in [0.25, 0.3) is 16.5 Å². The Labute approximate surface area is 200 Å². The maximum atomic E-state index is 5.69. The van der Waals surface area contributed by atoms with Crippen LogP contribution in [0.15, 0.2) is 48.8 Å². The van der Waals surface area contributed by atoms with Crippen LogP contribution < -0.4 is 5.32 Å². The van der Waals surface area contributed by atoms with Crippen LogP contribution in [-0.4, -0.2) is 35.1 Å². The Morgan fingerprint density at radius 1 is 1.12 bits per heavy atom. The third-order valence-corrected chi connectivity index (χ3v) is 6.02. The summed E-state index contributed by atoms with van der Waals surface area (Å²) >= 11 is 0. The molecule has 0 atom stereocenters. The van der Waals surface area contributed by atoms with E-state index in [1.165, 1.54) is 11.1 Å². The fraction of sp³-hybridized carbons (Fsp3) is 0.333. The standard InChI is InChI=1S/C27H32N4O3/c1-7-34-24(12-13-32-6)11-8-17(2)31-19(4)25-18(3)29-30-27(26(25)20(31)5)28-23-10-9-21-15-33-16-22(21)14-23/h8-12,14H,2,7,13,15-16H2,1,3-6H3,(H,28,30)/b11-8-,24-12+. The second-order valence-electron chi connectivity index (χ2n) is 8.31. The zero-order chi connectivity index (χ0) is 24.2. The molecule has 0 saturated carbocycles. The van der Waals surface area contributed by atoms with Crippen molar-refractivity contribution in [2.75, 3.05) is 25.6 Å². The topological polar surface area (TPSA) is 70.4 Å². The van der Waals surface area contributed by atoms with Crippen LogP contribution in [0, 0.1) is 20.8 Å². The van der Waals surface area contributed by atoms with E-state index in [1.54, 1.807) is 7.11 Å². The molecule has 34 heavy (non-hydrogen) atoms. The summed E-state index contributed by atoms with van der Waals surface area (Å²) in [6, 6.07) is 6.29. The fourth-order valence-corrected chi connectivity index (χ4v) is 4.46. The summed E-state index contributed by atoms with van der Waals surface area (Å²) in [4.78, 5) is 0. The van der Waals surface area contributed by atoms with Gasteiger partial charge in [-0.05, 0) is 69.2 Å². The van der Waals surface area contributed by atoms with E-state index in [0.717, 1.165) is 50.8 Å². The maximum absolute atomic E-state index is 5.69. The first-order valence-electron chi connectivity index (χ1n) is 11.4. The van der Waals surface area contributed by atoms with Crippen molar-refractivity contribution >= 4 is 28.0 Å². The molecule has 1 aliphatic heterocycles. The summed E-state index contributed by atoms with van der Waals surface area (Å²) in [5, 5.41) is 14.5. The van der Waals surface area contributed by atoms with Crippen molar-refractivity contribution in [1.82, 2.24) is 14.8 Å². The molecule has 1 aliphatic rings. The molecule has 0 radical (unpaired) electrons. The second-order valence-corrected chi connectivity index (χ2v) is 8.31. The highest BCUT2D eigenvalue weighted by atomic mass is 16.5. The summed E-state index contributed by atoms with van der Waals surface area (Å²) in [6.07, 6.45) is 5.78. The molecule has 0 bridgehead atoms. The lowest BCUT2D eigenvalue weighted by atomic mass is 10.1. The van der Waals surface area contributed by atoms with Gasteiger partial charge in [0, 0.05) is 40.7 Å². The molecule has 0 spiro atoms. The number of rotatable bonds is 9. The maximum Gasteiger partial charge on any atom is 0.162 e. The lowest BCUT2D eigenvalue weighted by Crippen LogP contribution is -2.00. The molecular formula is C27H32N4O3. The van der Waals surface area contributed by atoms with Gasteiger partial charge in [-0.25, -0.2) is 0 Å². The van der Waals surface area contributed by atoms with Gasteiger partial charge in [0.15, 0.2) is 5.82 Å². The van der Waals surface area contributed by atoms with E-state index in [4.69, 9.17) is 14.2 Å². The number of ether oxygens (including phenoxy) is 3. The lowest BCUT2D eigenvalue weighted by molar-refractivity contribution is 0.134. The van der Waals surface area contributed by atoms with E-state index in [-0.39, 0.29) is 0 Å². The van der Waals surface area contributed by atoms with E-state index in [1.807, 2.05) is 32.1 Å². The summed E-state index contributed by atoms with van der Waals surface area (Å²) in [6.45, 7) is 14.8. The number of fused-ring (bicyclic) bond motifs is 2. The Hall–Kier alpha value is -3.42. The number of anilines is 2. The van der Waals surface area contributed by atoms with Crippen LogP contribution in [0.1, 0.15) is 35.1 Å². The number of hydrogen-bond acceptors (Lipinski definition) is 6. The van der Waals surface area contributed by atoms with Gasteiger partial charge in [0.25, 0.3) is 0 Å². The third-order valence-electron chi connectivity index (χ3n) is 6.02. The first-order chi connectivity index (χ1) is 16.4. The Bertz CT molecular complexity index is 1290. The van der Waals surface area contributed by atoms with E-state index in [0.29, 0.717) is 26.4 Å². The molecule has 3 heterocycles. The number of benzene rings is 1. The largest absolute Gasteiger partial charge is 0.494 e. The highest BCUT2D eigenvalue weighted by Gasteiger charge is 2.20. The fourth-order valence-electron chi connectivity index (χ4n) is 4.46. The second kappa shape index (κ2) is 10.2. The third kappa shape index (κ3) is 4.62. The molecule has 0 aliphatic carbocycles. The molecule has 3 aromatic rings. The van der Waals surface area contributed by atoms with Gasteiger partial charge < -0.3 is 24.1 Å². The zero-order valence-electron chi connectivity index (χ0n) is 20.6. The minimum absolute atomic E-state index is 0.484. The number of methoxy groups -OCH3 is 1. The Balaban J connectivity index is 1.71. The summed E-state index contributed by atoms with van der Waals surface area (Å²) in [5.74, 6) is 1.48. The number of nitrogens with zero attached hydrogens (tertiary/aromatic N) is 3. The Kier molecular flexibility index (Phi) is 7.14. The summed E-state index contributed by atoms with van der Waals surface area (Å²) in [5.41, 5.74) is 7.24. The predicted molar refractivity (Wildman–Crippen MR) is 136 cm³/mol. The molecular weight excluding hydrogens is 428 g/mol. The van der Waals surface area contributed by atoms with Gasteiger partial charge in [0.05, 0.1) is 32.1 Å². The number of aromatic nitrogens is 3. The van der Waals surface area contributed by atoms with Crippen LogP contribution in [0.4, 0.5) is 11.5 Å². The molecule has 1 N–H and O–H groups in total. The quantitative estimate of drug-likeness (QED) is 0.325. The minimum Gasteiger partial charge on any atom is -0.494 e. The predicted octanol–water partition coefficient (Wildman–Crippen LogP) is 5.72. The van der Waals surface area contributed by atoms with Crippen molar-refractivity contribution in [2.45, 2.75) is 40.9 Å². The summed E-state index contributed by atoms with van der Waals surface area (Å²) < 4.78 is 18.5. The highest BCUT2D eigenvalue weighted by molar-refractivity contribution is 6.00. The van der Waals surface area contributed by atoms with Crippen molar-refractivity contribution in [3.05, 3.63) is 77.0 Å². The van der Waals surface area contributed by atoms with Crippen molar-refractivity contribution in [3.8, 4) is 0 Å². The number of aryl methyl sites for hydroxylation is 3. The zero-order valence-corrected chi connectivity index (χ0v) is 20.6. The van der Waals surface area contributed by atoms with Gasteiger partial charge in [-0.15, -0.1) is 5.10 Å². The summed E-state index contributed by atoms with van der Waals surface area (Å²) in [7, 11) is 1.66. The molecule has 0 saturated heterocycles. The van der Waals surface area contributed by atoms with Crippen molar-refractivity contribution < 1.29 is 14.2 Å². The van der Waals surface area contributed by atoms with Crippen LogP contribution >= 0.6 is 0 Å². The molecule has 0 fully saturated rings. The molecule has 178 valence electrons. The van der Waals surface area contributed by atoms with Crippen molar-refractivity contribution in [2.24, 2.45) is 0 Å². The van der Waals surface area contributed by atoms with E-state index in [9.17, 15) is 0 Å². The molecule has 0 unspecified atom stereocenters. The minimum atomic E-state index is 0.484. The van der Waals surface area contributed by atoms with E-state index < -0.39 is 0 Å². The van der Waals surface area contributed by atoms with Crippen molar-refractivity contribution in [1.29, 1.82) is 0 Å². The highest BCUT2D eigenvalue weighted by Crippen LogP contribution is 2.35. The van der Waals surface area contributed by atoms with Gasteiger partial charge in [-0.2, -0.15) is 5.10 Å². The number of nitrogens with one attached hydrogen (secondary N) is 1. The molecule has 1 aromatic carbocycles. The van der Waals surface area contributed by atoms with E-state index in [2.05, 4.69) is 58.7 Å². The Morgan fingerprint density at radius 3 is 2.65 bits per heavy atom. The van der Waals surface area contributed by atoms with Gasteiger partial charge in [-0.3, -0.25) is 0 Å². The van der Waals surface area contributed by atoms with Gasteiger partial charge in [0.1, 0.15) is 5.76 Å². The normalized spacial score (nSPS) is 13.6. The van der Waals surface area contributed by atoms with Crippen LogP contribution in [0.3, 0.4) is 0 Å². The molecule has 0 amide bonds. The van der Waals surface area contributed by atoms with Gasteiger partial charge in [0.2, 0.25) is 0 Å². The first kappa shape index (κ1) is 23.7. The van der Waals surface area contributed by atoms with E-state index >= 15 is 0 Å². The number of allylic oxidation sites excluding steroid dienone is 3. The van der Waals surface area contributed by atoms with Crippen LogP contribution in [-0.2, 0) is 27.4 Å². The van der Waals surface area contributed by atoms with Crippen LogP contribution in [0.5, 0.6) is 0 Å². The number of hydrogen-bond donors (Lipinski definition) is 1. The van der Waals surface area contributed by atoms with Crippen molar-refractivity contribution in [3.63, 3.8) is 0 Å². The Morgan fingerprint density at radius 2 is 1.88 bits per heavy atom. The van der Waals surface area contributed by atoms with Gasteiger partial charge in [-0.1, -0.05) is 12.6 Å².